The Morgan fingerprint density at radius 1 is 1.00 bits per heavy atom. The monoisotopic (exact) mass is 272 g/mol. The first-order chi connectivity index (χ1) is 9.51. The van der Waals surface area contributed by atoms with Gasteiger partial charge in [-0.3, -0.25) is 9.59 Å². The first-order valence-electron chi connectivity index (χ1n) is 7.10. The van der Waals surface area contributed by atoms with Gasteiger partial charge in [-0.15, -0.1) is 0 Å². The van der Waals surface area contributed by atoms with Crippen LogP contribution >= 0.6 is 0 Å². The van der Waals surface area contributed by atoms with Gasteiger partial charge in [0.05, 0.1) is 0 Å². The fraction of sp³-hybridized carbons (Fsp3) is 0.444. The molecule has 0 spiro atoms. The number of carbonyl (C=O) groups excluding carboxylic acids is 2. The Morgan fingerprint density at radius 3 is 2.00 bits per heavy atom. The van der Waals surface area contributed by atoms with E-state index in [4.69, 9.17) is 0 Å². The molecule has 108 valence electrons. The van der Waals surface area contributed by atoms with Crippen molar-refractivity contribution in [3.05, 3.63) is 35.4 Å². The predicted octanol–water partition coefficient (Wildman–Crippen LogP) is 4.22. The molecule has 20 heavy (non-hydrogen) atoms. The molecular weight excluding hydrogens is 248 g/mol. The standard InChI is InChI=1S/C11H14O.C7H10O/c1-3-4-10-5-7-11(8-6-10)9(2)12;1-3-4-5-6-7(2)8/h5-8H,3-4H2,1-2H3;3-4H2,1-2H3. The Kier molecular flexibility index (Phi) is 9.96. The Hall–Kier alpha value is -1.88. The Bertz CT molecular complexity index is 472. The minimum Gasteiger partial charge on any atom is -0.295 e. The van der Waals surface area contributed by atoms with E-state index >= 15 is 0 Å². The summed E-state index contributed by atoms with van der Waals surface area (Å²) in [5.41, 5.74) is 2.11. The van der Waals surface area contributed by atoms with Crippen molar-refractivity contribution in [2.75, 3.05) is 0 Å². The van der Waals surface area contributed by atoms with E-state index in [9.17, 15) is 9.59 Å². The van der Waals surface area contributed by atoms with Crippen LogP contribution in [0, 0.1) is 11.8 Å². The molecule has 2 heteroatoms. The second kappa shape index (κ2) is 11.0. The fourth-order valence-electron chi connectivity index (χ4n) is 1.51. The molecule has 0 radical (unpaired) electrons. The van der Waals surface area contributed by atoms with Gasteiger partial charge in [0, 0.05) is 18.9 Å². The summed E-state index contributed by atoms with van der Waals surface area (Å²) < 4.78 is 0. The van der Waals surface area contributed by atoms with Crippen LogP contribution < -0.4 is 0 Å². The van der Waals surface area contributed by atoms with E-state index in [0.717, 1.165) is 31.2 Å². The fourth-order valence-corrected chi connectivity index (χ4v) is 1.51. The molecule has 0 N–H and O–H groups in total. The molecule has 0 atom stereocenters. The lowest BCUT2D eigenvalue weighted by molar-refractivity contribution is -0.111. The van der Waals surface area contributed by atoms with Crippen LogP contribution in [0.25, 0.3) is 0 Å². The third-order valence-corrected chi connectivity index (χ3v) is 2.54. The third-order valence-electron chi connectivity index (χ3n) is 2.54. The summed E-state index contributed by atoms with van der Waals surface area (Å²) in [6.07, 6.45) is 4.11. The van der Waals surface area contributed by atoms with Gasteiger partial charge in [-0.1, -0.05) is 50.5 Å². The van der Waals surface area contributed by atoms with E-state index in [1.165, 1.54) is 12.5 Å². The number of rotatable bonds is 4. The molecule has 0 heterocycles. The average molecular weight is 272 g/mol. The van der Waals surface area contributed by atoms with Crippen molar-refractivity contribution in [2.45, 2.75) is 53.4 Å². The summed E-state index contributed by atoms with van der Waals surface area (Å²) in [6, 6.07) is 7.85. The van der Waals surface area contributed by atoms with Crippen LogP contribution in [0.2, 0.25) is 0 Å². The molecule has 2 nitrogen and oxygen atoms in total. The summed E-state index contributed by atoms with van der Waals surface area (Å²) in [7, 11) is 0. The summed E-state index contributed by atoms with van der Waals surface area (Å²) >= 11 is 0. The van der Waals surface area contributed by atoms with Gasteiger partial charge < -0.3 is 0 Å². The second-order valence-electron chi connectivity index (χ2n) is 4.61. The molecule has 0 unspecified atom stereocenters. The van der Waals surface area contributed by atoms with Gasteiger partial charge in [-0.05, 0) is 31.2 Å². The molecule has 0 saturated heterocycles. The highest BCUT2D eigenvalue weighted by atomic mass is 16.1. The SMILES string of the molecule is CCCC#CC(C)=O.CCCc1ccc(C(C)=O)cc1. The molecule has 0 aliphatic heterocycles. The molecule has 0 aliphatic carbocycles. The Labute approximate surface area is 122 Å². The molecule has 1 rings (SSSR count). The van der Waals surface area contributed by atoms with Crippen molar-refractivity contribution in [1.82, 2.24) is 0 Å². The maximum Gasteiger partial charge on any atom is 0.202 e. The van der Waals surface area contributed by atoms with Crippen LogP contribution in [-0.4, -0.2) is 11.6 Å². The maximum atomic E-state index is 10.9. The van der Waals surface area contributed by atoms with Crippen molar-refractivity contribution in [3.8, 4) is 11.8 Å². The summed E-state index contributed by atoms with van der Waals surface area (Å²) in [6.45, 7) is 7.26. The Morgan fingerprint density at radius 2 is 1.60 bits per heavy atom. The minimum absolute atomic E-state index is 0.0431. The number of hydrogen-bond donors (Lipinski definition) is 0. The lowest BCUT2D eigenvalue weighted by Gasteiger charge is -1.99. The van der Waals surface area contributed by atoms with E-state index in [1.807, 2.05) is 31.2 Å². The molecule has 0 amide bonds. The smallest absolute Gasteiger partial charge is 0.202 e. The number of aryl methyl sites for hydroxylation is 1. The van der Waals surface area contributed by atoms with Gasteiger partial charge in [0.25, 0.3) is 0 Å². The molecule has 0 fully saturated rings. The van der Waals surface area contributed by atoms with E-state index < -0.39 is 0 Å². The van der Waals surface area contributed by atoms with Gasteiger partial charge in [-0.25, -0.2) is 0 Å². The normalized spacial score (nSPS) is 8.80. The largest absolute Gasteiger partial charge is 0.295 e. The molecule has 0 saturated carbocycles. The molecule has 0 aliphatic rings. The van der Waals surface area contributed by atoms with Gasteiger partial charge in [0.1, 0.15) is 0 Å². The van der Waals surface area contributed by atoms with Crippen LogP contribution in [0.4, 0.5) is 0 Å². The lowest BCUT2D eigenvalue weighted by Crippen LogP contribution is -1.91. The van der Waals surface area contributed by atoms with Gasteiger partial charge in [0.15, 0.2) is 5.78 Å². The van der Waals surface area contributed by atoms with E-state index in [1.54, 1.807) is 6.92 Å². The van der Waals surface area contributed by atoms with Crippen LogP contribution in [0.3, 0.4) is 0 Å². The molecule has 1 aromatic carbocycles. The van der Waals surface area contributed by atoms with Crippen LogP contribution in [-0.2, 0) is 11.2 Å². The third kappa shape index (κ3) is 9.10. The van der Waals surface area contributed by atoms with Crippen molar-refractivity contribution in [1.29, 1.82) is 0 Å². The van der Waals surface area contributed by atoms with Crippen LogP contribution in [0.1, 0.15) is 62.9 Å². The van der Waals surface area contributed by atoms with Crippen LogP contribution in [0.5, 0.6) is 0 Å². The van der Waals surface area contributed by atoms with Crippen LogP contribution in [0.15, 0.2) is 24.3 Å². The number of carbonyl (C=O) groups is 2. The maximum absolute atomic E-state index is 10.9. The number of unbranched alkanes of at least 4 members (excludes halogenated alkanes) is 1. The van der Waals surface area contributed by atoms with Gasteiger partial charge in [-0.2, -0.15) is 0 Å². The highest BCUT2D eigenvalue weighted by molar-refractivity contribution is 5.94. The average Bonchev–Trinajstić information content (AvgIpc) is 2.40. The minimum atomic E-state index is -0.0431. The first kappa shape index (κ1) is 18.1. The van der Waals surface area contributed by atoms with Crippen molar-refractivity contribution < 1.29 is 9.59 Å². The van der Waals surface area contributed by atoms with Crippen molar-refractivity contribution in [3.63, 3.8) is 0 Å². The van der Waals surface area contributed by atoms with Crippen molar-refractivity contribution in [2.24, 2.45) is 0 Å². The first-order valence-corrected chi connectivity index (χ1v) is 7.10. The highest BCUT2D eigenvalue weighted by Crippen LogP contribution is 2.06. The highest BCUT2D eigenvalue weighted by Gasteiger charge is 1.97. The summed E-state index contributed by atoms with van der Waals surface area (Å²) in [5, 5.41) is 0. The number of hydrogen-bond acceptors (Lipinski definition) is 2. The molecule has 1 aromatic rings. The van der Waals surface area contributed by atoms with E-state index in [2.05, 4.69) is 18.8 Å². The van der Waals surface area contributed by atoms with Gasteiger partial charge in [0.2, 0.25) is 5.78 Å². The number of benzene rings is 1. The lowest BCUT2D eigenvalue weighted by atomic mass is 10.1. The van der Waals surface area contributed by atoms with E-state index in [0.29, 0.717) is 0 Å². The quantitative estimate of drug-likeness (QED) is 0.467. The van der Waals surface area contributed by atoms with Crippen molar-refractivity contribution >= 4 is 11.6 Å². The number of ketones is 2. The molecule has 0 bridgehead atoms. The summed E-state index contributed by atoms with van der Waals surface area (Å²) in [4.78, 5) is 21.1. The molecular formula is C18H24O2. The summed E-state index contributed by atoms with van der Waals surface area (Å²) in [5.74, 6) is 5.29. The van der Waals surface area contributed by atoms with Gasteiger partial charge >= 0.3 is 0 Å². The number of Topliss-reactive ketones (excluding diaryl/α,β-unsaturated/α-hetero) is 2. The Balaban J connectivity index is 0.000000396. The van der Waals surface area contributed by atoms with E-state index in [-0.39, 0.29) is 11.6 Å². The topological polar surface area (TPSA) is 34.1 Å². The zero-order chi connectivity index (χ0) is 15.4. The molecule has 0 aromatic heterocycles. The zero-order valence-electron chi connectivity index (χ0n) is 13.0. The second-order valence-corrected chi connectivity index (χ2v) is 4.61. The predicted molar refractivity (Wildman–Crippen MR) is 83.8 cm³/mol. The zero-order valence-corrected chi connectivity index (χ0v) is 13.0.